The zero-order valence-corrected chi connectivity index (χ0v) is 13.6. The van der Waals surface area contributed by atoms with Gasteiger partial charge in [-0.3, -0.25) is 4.79 Å². The third-order valence-electron chi connectivity index (χ3n) is 3.35. The van der Waals surface area contributed by atoms with Crippen molar-refractivity contribution in [3.8, 4) is 5.75 Å². The van der Waals surface area contributed by atoms with Crippen LogP contribution >= 0.6 is 11.6 Å². The van der Waals surface area contributed by atoms with Crippen LogP contribution in [0.4, 0.5) is 4.39 Å². The van der Waals surface area contributed by atoms with Gasteiger partial charge in [-0.2, -0.15) is 0 Å². The van der Waals surface area contributed by atoms with E-state index in [1.54, 1.807) is 43.3 Å². The van der Waals surface area contributed by atoms with Gasteiger partial charge in [0.25, 0.3) is 5.91 Å². The van der Waals surface area contributed by atoms with Crippen LogP contribution in [0.2, 0.25) is 5.02 Å². The first-order chi connectivity index (χ1) is 11.0. The van der Waals surface area contributed by atoms with Crippen molar-refractivity contribution in [2.45, 2.75) is 25.9 Å². The number of rotatable bonds is 7. The van der Waals surface area contributed by atoms with Crippen LogP contribution in [0.3, 0.4) is 0 Å². The smallest absolute Gasteiger partial charge is 0.260 e. The lowest BCUT2D eigenvalue weighted by molar-refractivity contribution is -0.127. The van der Waals surface area contributed by atoms with E-state index in [2.05, 4.69) is 5.32 Å². The first-order valence-electron chi connectivity index (χ1n) is 7.49. The molecule has 1 N–H and O–H groups in total. The standard InChI is InChI=1S/C18H19ClFNO2/c1-13(23-17-10-6-15(19)7-11-17)18(22)21-12-2-3-14-4-8-16(20)9-5-14/h4-11,13H,2-3,12H2,1H3,(H,21,22)/t13-/m0/s1. The maximum atomic E-state index is 12.8. The first kappa shape index (κ1) is 17.3. The van der Waals surface area contributed by atoms with Crippen LogP contribution in [0, 0.1) is 5.82 Å². The quantitative estimate of drug-likeness (QED) is 0.777. The molecule has 0 bridgehead atoms. The summed E-state index contributed by atoms with van der Waals surface area (Å²) in [6.45, 7) is 2.24. The Morgan fingerprint density at radius 1 is 1.17 bits per heavy atom. The van der Waals surface area contributed by atoms with E-state index in [1.165, 1.54) is 12.1 Å². The zero-order valence-electron chi connectivity index (χ0n) is 12.9. The molecule has 3 nitrogen and oxygen atoms in total. The molecule has 5 heteroatoms. The zero-order chi connectivity index (χ0) is 16.7. The first-order valence-corrected chi connectivity index (χ1v) is 7.87. The number of hydrogen-bond donors (Lipinski definition) is 1. The van der Waals surface area contributed by atoms with Crippen LogP contribution in [0.15, 0.2) is 48.5 Å². The largest absolute Gasteiger partial charge is 0.481 e. The fourth-order valence-electron chi connectivity index (χ4n) is 2.07. The highest BCUT2D eigenvalue weighted by Crippen LogP contribution is 2.16. The van der Waals surface area contributed by atoms with E-state index in [0.717, 1.165) is 18.4 Å². The molecule has 1 atom stereocenters. The minimum atomic E-state index is -0.581. The van der Waals surface area contributed by atoms with E-state index < -0.39 is 6.10 Å². The Bertz CT molecular complexity index is 628. The number of carbonyl (C=O) groups is 1. The topological polar surface area (TPSA) is 38.3 Å². The molecule has 0 fully saturated rings. The lowest BCUT2D eigenvalue weighted by Gasteiger charge is -2.14. The molecule has 0 aromatic heterocycles. The highest BCUT2D eigenvalue weighted by Gasteiger charge is 2.13. The second-order valence-electron chi connectivity index (χ2n) is 5.24. The second kappa shape index (κ2) is 8.53. The van der Waals surface area contributed by atoms with E-state index in [0.29, 0.717) is 17.3 Å². The van der Waals surface area contributed by atoms with Crippen molar-refractivity contribution in [2.24, 2.45) is 0 Å². The molecule has 0 aliphatic rings. The summed E-state index contributed by atoms with van der Waals surface area (Å²) < 4.78 is 18.3. The molecule has 122 valence electrons. The van der Waals surface area contributed by atoms with Gasteiger partial charge in [-0.25, -0.2) is 4.39 Å². The molecule has 0 unspecified atom stereocenters. The van der Waals surface area contributed by atoms with Gasteiger partial charge >= 0.3 is 0 Å². The van der Waals surface area contributed by atoms with Crippen molar-refractivity contribution < 1.29 is 13.9 Å². The third kappa shape index (κ3) is 5.91. The van der Waals surface area contributed by atoms with Gasteiger partial charge in [-0.05, 0) is 61.7 Å². The predicted octanol–water partition coefficient (Wildman–Crippen LogP) is 4.00. The maximum absolute atomic E-state index is 12.8. The average Bonchev–Trinajstić information content (AvgIpc) is 2.55. The molecule has 0 spiro atoms. The number of nitrogens with one attached hydrogen (secondary N) is 1. The Labute approximate surface area is 140 Å². The van der Waals surface area contributed by atoms with Gasteiger partial charge < -0.3 is 10.1 Å². The number of aryl methyl sites for hydroxylation is 1. The highest BCUT2D eigenvalue weighted by molar-refractivity contribution is 6.30. The molecule has 2 aromatic rings. The van der Waals surface area contributed by atoms with Crippen molar-refractivity contribution >= 4 is 17.5 Å². The lowest BCUT2D eigenvalue weighted by atomic mass is 10.1. The molecule has 0 aliphatic heterocycles. The fourth-order valence-corrected chi connectivity index (χ4v) is 2.20. The number of amides is 1. The van der Waals surface area contributed by atoms with Crippen LogP contribution in [0.25, 0.3) is 0 Å². The minimum Gasteiger partial charge on any atom is -0.481 e. The summed E-state index contributed by atoms with van der Waals surface area (Å²) in [7, 11) is 0. The summed E-state index contributed by atoms with van der Waals surface area (Å²) in [6, 6.07) is 13.3. The number of ether oxygens (including phenoxy) is 1. The molecule has 2 rings (SSSR count). The minimum absolute atomic E-state index is 0.168. The second-order valence-corrected chi connectivity index (χ2v) is 5.67. The van der Waals surface area contributed by atoms with Crippen molar-refractivity contribution in [3.63, 3.8) is 0 Å². The summed E-state index contributed by atoms with van der Waals surface area (Å²) in [6.07, 6.45) is 0.986. The van der Waals surface area contributed by atoms with E-state index in [-0.39, 0.29) is 11.7 Å². The van der Waals surface area contributed by atoms with Crippen molar-refractivity contribution in [1.29, 1.82) is 0 Å². The van der Waals surface area contributed by atoms with E-state index in [1.807, 2.05) is 0 Å². The van der Waals surface area contributed by atoms with Crippen molar-refractivity contribution in [2.75, 3.05) is 6.54 Å². The van der Waals surface area contributed by atoms with Crippen LogP contribution in [-0.4, -0.2) is 18.6 Å². The lowest BCUT2D eigenvalue weighted by Crippen LogP contribution is -2.36. The molecule has 0 saturated heterocycles. The van der Waals surface area contributed by atoms with Crippen molar-refractivity contribution in [3.05, 3.63) is 64.9 Å². The molecule has 0 radical (unpaired) electrons. The van der Waals surface area contributed by atoms with E-state index >= 15 is 0 Å². The number of hydrogen-bond acceptors (Lipinski definition) is 2. The van der Waals surface area contributed by atoms with Crippen LogP contribution in [0.1, 0.15) is 18.9 Å². The Morgan fingerprint density at radius 3 is 2.48 bits per heavy atom. The Hall–Kier alpha value is -2.07. The molecular weight excluding hydrogens is 317 g/mol. The normalized spacial score (nSPS) is 11.8. The summed E-state index contributed by atoms with van der Waals surface area (Å²) in [4.78, 5) is 12.0. The number of halogens is 2. The molecule has 0 heterocycles. The Kier molecular flexibility index (Phi) is 6.41. The Balaban J connectivity index is 1.69. The van der Waals surface area contributed by atoms with Gasteiger partial charge in [-0.15, -0.1) is 0 Å². The van der Waals surface area contributed by atoms with Gasteiger partial charge in [-0.1, -0.05) is 23.7 Å². The molecular formula is C18H19ClFNO2. The van der Waals surface area contributed by atoms with Gasteiger partial charge in [0.1, 0.15) is 11.6 Å². The molecule has 2 aromatic carbocycles. The molecule has 1 amide bonds. The summed E-state index contributed by atoms with van der Waals surface area (Å²) in [5, 5.41) is 3.45. The monoisotopic (exact) mass is 335 g/mol. The van der Waals surface area contributed by atoms with Crippen LogP contribution in [0.5, 0.6) is 5.75 Å². The average molecular weight is 336 g/mol. The summed E-state index contributed by atoms with van der Waals surface area (Å²) in [5.74, 6) is 0.192. The molecule has 0 saturated carbocycles. The SMILES string of the molecule is C[C@H](Oc1ccc(Cl)cc1)C(=O)NCCCc1ccc(F)cc1. The van der Waals surface area contributed by atoms with Crippen LogP contribution in [-0.2, 0) is 11.2 Å². The number of benzene rings is 2. The summed E-state index contributed by atoms with van der Waals surface area (Å²) >= 11 is 5.80. The fraction of sp³-hybridized carbons (Fsp3) is 0.278. The molecule has 0 aliphatic carbocycles. The van der Waals surface area contributed by atoms with Crippen molar-refractivity contribution in [1.82, 2.24) is 5.32 Å². The van der Waals surface area contributed by atoms with E-state index in [4.69, 9.17) is 16.3 Å². The van der Waals surface area contributed by atoms with Gasteiger partial charge in [0.2, 0.25) is 0 Å². The highest BCUT2D eigenvalue weighted by atomic mass is 35.5. The Morgan fingerprint density at radius 2 is 1.83 bits per heavy atom. The van der Waals surface area contributed by atoms with E-state index in [9.17, 15) is 9.18 Å². The predicted molar refractivity (Wildman–Crippen MR) is 89.3 cm³/mol. The van der Waals surface area contributed by atoms with Gasteiger partial charge in [0.15, 0.2) is 6.10 Å². The van der Waals surface area contributed by atoms with Gasteiger partial charge in [0, 0.05) is 11.6 Å². The van der Waals surface area contributed by atoms with Gasteiger partial charge in [0.05, 0.1) is 0 Å². The summed E-state index contributed by atoms with van der Waals surface area (Å²) in [5.41, 5.74) is 1.05. The molecule has 23 heavy (non-hydrogen) atoms. The van der Waals surface area contributed by atoms with Crippen LogP contribution < -0.4 is 10.1 Å². The number of carbonyl (C=O) groups excluding carboxylic acids is 1. The maximum Gasteiger partial charge on any atom is 0.260 e. The third-order valence-corrected chi connectivity index (χ3v) is 3.60.